The molecule has 1 aromatic heterocycles. The monoisotopic (exact) mass is 295 g/mol. The van der Waals surface area contributed by atoms with Crippen molar-refractivity contribution in [2.75, 3.05) is 11.3 Å². The predicted molar refractivity (Wildman–Crippen MR) is 75.9 cm³/mol. The zero-order chi connectivity index (χ0) is 14.6. The van der Waals surface area contributed by atoms with E-state index in [-0.39, 0.29) is 10.7 Å². The van der Waals surface area contributed by atoms with Crippen molar-refractivity contribution >= 4 is 15.8 Å². The zero-order valence-electron chi connectivity index (χ0n) is 11.4. The Balaban J connectivity index is 2.13. The van der Waals surface area contributed by atoms with Crippen LogP contribution in [-0.4, -0.2) is 20.1 Å². The first-order chi connectivity index (χ1) is 9.51. The van der Waals surface area contributed by atoms with Gasteiger partial charge in [-0.15, -0.1) is 0 Å². The number of anilines is 1. The molecule has 0 amide bonds. The Kier molecular flexibility index (Phi) is 4.41. The summed E-state index contributed by atoms with van der Waals surface area (Å²) in [5, 5.41) is 6.79. The summed E-state index contributed by atoms with van der Waals surface area (Å²) in [6.45, 7) is 5.29. The van der Waals surface area contributed by atoms with Crippen LogP contribution in [0.25, 0.3) is 0 Å². The molecule has 2 N–H and O–H groups in total. The van der Waals surface area contributed by atoms with Gasteiger partial charge in [-0.3, -0.25) is 4.72 Å². The quantitative estimate of drug-likeness (QED) is 0.850. The summed E-state index contributed by atoms with van der Waals surface area (Å²) in [5.41, 5.74) is 1.03. The lowest BCUT2D eigenvalue weighted by atomic mass is 10.2. The van der Waals surface area contributed by atoms with E-state index in [1.807, 2.05) is 6.92 Å². The molecule has 6 nitrogen and oxygen atoms in total. The number of sulfonamides is 1. The van der Waals surface area contributed by atoms with E-state index in [1.165, 1.54) is 6.07 Å². The molecule has 0 saturated heterocycles. The van der Waals surface area contributed by atoms with E-state index in [0.717, 1.165) is 12.1 Å². The van der Waals surface area contributed by atoms with Gasteiger partial charge in [0.15, 0.2) is 5.82 Å². The second-order valence-corrected chi connectivity index (χ2v) is 6.03. The van der Waals surface area contributed by atoms with Gasteiger partial charge in [-0.1, -0.05) is 24.2 Å². The minimum absolute atomic E-state index is 0.180. The van der Waals surface area contributed by atoms with Crippen LogP contribution in [0.5, 0.6) is 0 Å². The third kappa shape index (κ3) is 3.58. The van der Waals surface area contributed by atoms with E-state index in [1.54, 1.807) is 31.2 Å². The molecule has 2 aromatic rings. The molecule has 0 atom stereocenters. The molecule has 2 rings (SSSR count). The van der Waals surface area contributed by atoms with Crippen LogP contribution in [0.15, 0.2) is 39.8 Å². The number of aromatic nitrogens is 1. The summed E-state index contributed by atoms with van der Waals surface area (Å²) >= 11 is 0. The first-order valence-electron chi connectivity index (χ1n) is 6.27. The normalized spacial score (nSPS) is 11.5. The van der Waals surface area contributed by atoms with Gasteiger partial charge in [-0.2, -0.15) is 0 Å². The van der Waals surface area contributed by atoms with E-state index in [0.29, 0.717) is 12.3 Å². The molecule has 0 bridgehead atoms. The standard InChI is InChI=1S/C13H17N3O3S/c1-3-14-9-11-4-6-12(7-5-11)20(17,18)16-13-8-10(2)19-15-13/h4-8,14H,3,9H2,1-2H3,(H,15,16). The third-order valence-corrected chi connectivity index (χ3v) is 4.05. The molecule has 0 unspecified atom stereocenters. The Morgan fingerprint density at radius 1 is 1.25 bits per heavy atom. The van der Waals surface area contributed by atoms with Crippen molar-refractivity contribution in [1.29, 1.82) is 0 Å². The average Bonchev–Trinajstić information content (AvgIpc) is 2.81. The average molecular weight is 295 g/mol. The number of rotatable bonds is 6. The highest BCUT2D eigenvalue weighted by Gasteiger charge is 2.15. The highest BCUT2D eigenvalue weighted by Crippen LogP contribution is 2.16. The van der Waals surface area contributed by atoms with Crippen LogP contribution in [0.1, 0.15) is 18.2 Å². The van der Waals surface area contributed by atoms with Gasteiger partial charge in [-0.05, 0) is 31.2 Å². The molecular formula is C13H17N3O3S. The molecule has 20 heavy (non-hydrogen) atoms. The number of nitrogens with zero attached hydrogens (tertiary/aromatic N) is 1. The van der Waals surface area contributed by atoms with Crippen LogP contribution in [0.2, 0.25) is 0 Å². The SMILES string of the molecule is CCNCc1ccc(S(=O)(=O)Nc2cc(C)on2)cc1. The lowest BCUT2D eigenvalue weighted by molar-refractivity contribution is 0.400. The Morgan fingerprint density at radius 3 is 2.50 bits per heavy atom. The van der Waals surface area contributed by atoms with Gasteiger partial charge in [0.2, 0.25) is 0 Å². The van der Waals surface area contributed by atoms with Crippen molar-refractivity contribution in [1.82, 2.24) is 10.5 Å². The maximum absolute atomic E-state index is 12.1. The lowest BCUT2D eigenvalue weighted by Crippen LogP contribution is -2.14. The number of hydrogen-bond acceptors (Lipinski definition) is 5. The Hall–Kier alpha value is -1.86. The molecule has 0 aliphatic carbocycles. The summed E-state index contributed by atoms with van der Waals surface area (Å²) in [7, 11) is -3.63. The van der Waals surface area contributed by atoms with Gasteiger partial charge in [0, 0.05) is 12.6 Å². The van der Waals surface area contributed by atoms with Crippen molar-refractivity contribution in [3.63, 3.8) is 0 Å². The molecule has 1 aromatic carbocycles. The van der Waals surface area contributed by atoms with Crippen LogP contribution >= 0.6 is 0 Å². The van der Waals surface area contributed by atoms with Gasteiger partial charge in [0.1, 0.15) is 5.76 Å². The second-order valence-electron chi connectivity index (χ2n) is 4.35. The smallest absolute Gasteiger partial charge is 0.263 e. The molecule has 0 aliphatic heterocycles. The molecule has 108 valence electrons. The third-order valence-electron chi connectivity index (χ3n) is 2.68. The molecule has 0 radical (unpaired) electrons. The largest absolute Gasteiger partial charge is 0.360 e. The molecule has 0 saturated carbocycles. The van der Waals surface area contributed by atoms with E-state index in [9.17, 15) is 8.42 Å². The lowest BCUT2D eigenvalue weighted by Gasteiger charge is -2.06. The van der Waals surface area contributed by atoms with Crippen molar-refractivity contribution in [3.05, 3.63) is 41.7 Å². The topological polar surface area (TPSA) is 84.2 Å². The maximum atomic E-state index is 12.1. The summed E-state index contributed by atoms with van der Waals surface area (Å²) in [4.78, 5) is 0.193. The summed E-state index contributed by atoms with van der Waals surface area (Å²) in [6, 6.07) is 8.23. The summed E-state index contributed by atoms with van der Waals surface area (Å²) in [5.74, 6) is 0.725. The second kappa shape index (κ2) is 6.06. The Bertz CT molecular complexity index is 662. The fourth-order valence-electron chi connectivity index (χ4n) is 1.67. The van der Waals surface area contributed by atoms with Crippen molar-refractivity contribution in [2.24, 2.45) is 0 Å². The first-order valence-corrected chi connectivity index (χ1v) is 7.75. The molecular weight excluding hydrogens is 278 g/mol. The minimum Gasteiger partial charge on any atom is -0.360 e. The molecule has 0 fully saturated rings. The van der Waals surface area contributed by atoms with Gasteiger partial charge >= 0.3 is 0 Å². The van der Waals surface area contributed by atoms with Crippen molar-refractivity contribution in [3.8, 4) is 0 Å². The number of nitrogens with one attached hydrogen (secondary N) is 2. The van der Waals surface area contributed by atoms with Gasteiger partial charge in [0.05, 0.1) is 4.90 Å². The van der Waals surface area contributed by atoms with Crippen molar-refractivity contribution in [2.45, 2.75) is 25.3 Å². The zero-order valence-corrected chi connectivity index (χ0v) is 12.2. The van der Waals surface area contributed by atoms with E-state index < -0.39 is 10.0 Å². The van der Waals surface area contributed by atoms with E-state index in [4.69, 9.17) is 4.52 Å². The molecule has 0 spiro atoms. The van der Waals surface area contributed by atoms with Gasteiger partial charge in [-0.25, -0.2) is 8.42 Å². The summed E-state index contributed by atoms with van der Waals surface area (Å²) < 4.78 is 31.4. The molecule has 7 heteroatoms. The number of benzene rings is 1. The Labute approximate surface area is 118 Å². The predicted octanol–water partition coefficient (Wildman–Crippen LogP) is 1.89. The van der Waals surface area contributed by atoms with Crippen LogP contribution in [0, 0.1) is 6.92 Å². The maximum Gasteiger partial charge on any atom is 0.263 e. The van der Waals surface area contributed by atoms with Crippen LogP contribution in [-0.2, 0) is 16.6 Å². The number of aryl methyl sites for hydroxylation is 1. The fourth-order valence-corrected chi connectivity index (χ4v) is 2.65. The Morgan fingerprint density at radius 2 is 1.95 bits per heavy atom. The van der Waals surface area contributed by atoms with E-state index >= 15 is 0 Å². The highest BCUT2D eigenvalue weighted by atomic mass is 32.2. The van der Waals surface area contributed by atoms with Gasteiger partial charge < -0.3 is 9.84 Å². The summed E-state index contributed by atoms with van der Waals surface area (Å²) in [6.07, 6.45) is 0. The first kappa shape index (κ1) is 14.5. The fraction of sp³-hybridized carbons (Fsp3) is 0.308. The van der Waals surface area contributed by atoms with Crippen LogP contribution < -0.4 is 10.0 Å². The van der Waals surface area contributed by atoms with Gasteiger partial charge in [0.25, 0.3) is 10.0 Å². The minimum atomic E-state index is -3.63. The molecule has 1 heterocycles. The molecule has 0 aliphatic rings. The highest BCUT2D eigenvalue weighted by molar-refractivity contribution is 7.92. The van der Waals surface area contributed by atoms with Crippen LogP contribution in [0.3, 0.4) is 0 Å². The number of hydrogen-bond donors (Lipinski definition) is 2. The van der Waals surface area contributed by atoms with Crippen molar-refractivity contribution < 1.29 is 12.9 Å². The van der Waals surface area contributed by atoms with E-state index in [2.05, 4.69) is 15.2 Å². The van der Waals surface area contributed by atoms with Crippen LogP contribution in [0.4, 0.5) is 5.82 Å².